The van der Waals surface area contributed by atoms with Gasteiger partial charge in [-0.1, -0.05) is 36.4 Å². The van der Waals surface area contributed by atoms with Gasteiger partial charge in [0.15, 0.2) is 6.61 Å². The van der Waals surface area contributed by atoms with Crippen LogP contribution < -0.4 is 15.8 Å². The third-order valence-electron chi connectivity index (χ3n) is 3.29. The second-order valence-corrected chi connectivity index (χ2v) is 5.43. The molecule has 0 aliphatic rings. The van der Waals surface area contributed by atoms with Crippen LogP contribution in [0.5, 0.6) is 5.75 Å². The molecule has 0 fully saturated rings. The Labute approximate surface area is 135 Å². The number of carbonyl (C=O) groups is 2. The predicted molar refractivity (Wildman–Crippen MR) is 87.9 cm³/mol. The second kappa shape index (κ2) is 7.45. The highest BCUT2D eigenvalue weighted by atomic mass is 16.5. The van der Waals surface area contributed by atoms with Crippen LogP contribution in [0.3, 0.4) is 0 Å². The monoisotopic (exact) mass is 312 g/mol. The maximum absolute atomic E-state index is 12.0. The molecule has 0 aromatic heterocycles. The minimum atomic E-state index is -0.869. The molecule has 0 bridgehead atoms. The number of amides is 2. The van der Waals surface area contributed by atoms with Gasteiger partial charge in [0, 0.05) is 0 Å². The summed E-state index contributed by atoms with van der Waals surface area (Å²) in [5.41, 5.74) is 8.12. The molecular weight excluding hydrogens is 292 g/mol. The van der Waals surface area contributed by atoms with Gasteiger partial charge in [-0.05, 0) is 42.7 Å². The Morgan fingerprint density at radius 1 is 1.09 bits per heavy atom. The van der Waals surface area contributed by atoms with E-state index in [1.165, 1.54) is 0 Å². The molecule has 23 heavy (non-hydrogen) atoms. The van der Waals surface area contributed by atoms with Crippen molar-refractivity contribution in [2.75, 3.05) is 6.61 Å². The summed E-state index contributed by atoms with van der Waals surface area (Å²) in [5, 5.41) is 2.59. The van der Waals surface area contributed by atoms with Crippen LogP contribution in [0.2, 0.25) is 0 Å². The molecule has 5 heteroatoms. The van der Waals surface area contributed by atoms with Crippen LogP contribution >= 0.6 is 0 Å². The van der Waals surface area contributed by atoms with Crippen LogP contribution in [0.15, 0.2) is 48.5 Å². The molecule has 1 atom stereocenters. The lowest BCUT2D eigenvalue weighted by Gasteiger charge is -2.16. The first-order valence-electron chi connectivity index (χ1n) is 7.30. The maximum Gasteiger partial charge on any atom is 0.258 e. The Hall–Kier alpha value is -2.82. The number of nitrogens with two attached hydrogens (primary N) is 1. The van der Waals surface area contributed by atoms with Crippen LogP contribution in [0, 0.1) is 13.8 Å². The number of ether oxygens (including phenoxy) is 1. The number of aryl methyl sites for hydroxylation is 2. The van der Waals surface area contributed by atoms with Crippen LogP contribution in [0.25, 0.3) is 0 Å². The number of hydrogen-bond donors (Lipinski definition) is 2. The SMILES string of the molecule is Cc1cc(C)cc(OCC(=O)NC(C(N)=O)c2ccccc2)c1. The van der Waals surface area contributed by atoms with Gasteiger partial charge < -0.3 is 15.8 Å². The molecule has 120 valence electrons. The summed E-state index contributed by atoms with van der Waals surface area (Å²) in [4.78, 5) is 23.6. The lowest BCUT2D eigenvalue weighted by Crippen LogP contribution is -2.39. The molecule has 2 aromatic rings. The van der Waals surface area contributed by atoms with Gasteiger partial charge in [-0.2, -0.15) is 0 Å². The van der Waals surface area contributed by atoms with Gasteiger partial charge in [-0.25, -0.2) is 0 Å². The van der Waals surface area contributed by atoms with Gasteiger partial charge in [0.05, 0.1) is 0 Å². The van der Waals surface area contributed by atoms with E-state index < -0.39 is 17.9 Å². The van der Waals surface area contributed by atoms with Crippen LogP contribution in [0.1, 0.15) is 22.7 Å². The molecule has 5 nitrogen and oxygen atoms in total. The van der Waals surface area contributed by atoms with E-state index in [1.54, 1.807) is 24.3 Å². The van der Waals surface area contributed by atoms with Crippen molar-refractivity contribution < 1.29 is 14.3 Å². The van der Waals surface area contributed by atoms with E-state index in [0.29, 0.717) is 11.3 Å². The molecule has 3 N–H and O–H groups in total. The lowest BCUT2D eigenvalue weighted by atomic mass is 10.1. The number of nitrogens with one attached hydrogen (secondary N) is 1. The largest absolute Gasteiger partial charge is 0.484 e. The molecular formula is C18H20N2O3. The number of rotatable bonds is 6. The van der Waals surface area contributed by atoms with Crippen LogP contribution in [-0.4, -0.2) is 18.4 Å². The number of primary amides is 1. The fourth-order valence-electron chi connectivity index (χ4n) is 2.33. The quantitative estimate of drug-likeness (QED) is 0.856. The van der Waals surface area contributed by atoms with Crippen molar-refractivity contribution in [1.82, 2.24) is 5.32 Å². The Kier molecular flexibility index (Phi) is 5.36. The lowest BCUT2D eigenvalue weighted by molar-refractivity contribution is -0.128. The maximum atomic E-state index is 12.0. The highest BCUT2D eigenvalue weighted by Crippen LogP contribution is 2.16. The van der Waals surface area contributed by atoms with Crippen LogP contribution in [-0.2, 0) is 9.59 Å². The van der Waals surface area contributed by atoms with E-state index >= 15 is 0 Å². The Balaban J connectivity index is 1.98. The number of carbonyl (C=O) groups excluding carboxylic acids is 2. The predicted octanol–water partition coefficient (Wildman–Crippen LogP) is 2.03. The molecule has 0 saturated carbocycles. The summed E-state index contributed by atoms with van der Waals surface area (Å²) in [6, 6.07) is 13.7. The molecule has 0 aliphatic carbocycles. The van der Waals surface area contributed by atoms with Crippen molar-refractivity contribution in [2.24, 2.45) is 5.73 Å². The van der Waals surface area contributed by atoms with E-state index in [2.05, 4.69) is 5.32 Å². The molecule has 2 amide bonds. The number of hydrogen-bond acceptors (Lipinski definition) is 3. The van der Waals surface area contributed by atoms with Crippen molar-refractivity contribution >= 4 is 11.8 Å². The zero-order chi connectivity index (χ0) is 16.8. The third-order valence-corrected chi connectivity index (χ3v) is 3.29. The van der Waals surface area contributed by atoms with E-state index in [9.17, 15) is 9.59 Å². The van der Waals surface area contributed by atoms with E-state index in [1.807, 2.05) is 38.1 Å². The topological polar surface area (TPSA) is 81.4 Å². The van der Waals surface area contributed by atoms with Gasteiger partial charge in [-0.15, -0.1) is 0 Å². The first-order valence-corrected chi connectivity index (χ1v) is 7.30. The first-order chi connectivity index (χ1) is 11.0. The second-order valence-electron chi connectivity index (χ2n) is 5.43. The Morgan fingerprint density at radius 2 is 1.70 bits per heavy atom. The summed E-state index contributed by atoms with van der Waals surface area (Å²) in [6.07, 6.45) is 0. The van der Waals surface area contributed by atoms with Crippen molar-refractivity contribution in [3.05, 3.63) is 65.2 Å². The van der Waals surface area contributed by atoms with Crippen molar-refractivity contribution in [3.8, 4) is 5.75 Å². The van der Waals surface area contributed by atoms with E-state index in [-0.39, 0.29) is 6.61 Å². The zero-order valence-electron chi connectivity index (χ0n) is 13.2. The highest BCUT2D eigenvalue weighted by molar-refractivity contribution is 5.88. The van der Waals surface area contributed by atoms with E-state index in [0.717, 1.165) is 11.1 Å². The van der Waals surface area contributed by atoms with Crippen LogP contribution in [0.4, 0.5) is 0 Å². The summed E-state index contributed by atoms with van der Waals surface area (Å²) in [5.74, 6) is -0.402. The van der Waals surface area contributed by atoms with Gasteiger partial charge >= 0.3 is 0 Å². The Bertz CT molecular complexity index is 678. The number of benzene rings is 2. The van der Waals surface area contributed by atoms with Gasteiger partial charge in [0.2, 0.25) is 5.91 Å². The molecule has 2 rings (SSSR count). The summed E-state index contributed by atoms with van der Waals surface area (Å²) in [6.45, 7) is 3.73. The van der Waals surface area contributed by atoms with Crippen molar-refractivity contribution in [2.45, 2.75) is 19.9 Å². The molecule has 1 unspecified atom stereocenters. The fraction of sp³-hybridized carbons (Fsp3) is 0.222. The molecule has 0 spiro atoms. The average molecular weight is 312 g/mol. The van der Waals surface area contributed by atoms with Crippen molar-refractivity contribution in [3.63, 3.8) is 0 Å². The smallest absolute Gasteiger partial charge is 0.258 e. The summed E-state index contributed by atoms with van der Waals surface area (Å²) in [7, 11) is 0. The summed E-state index contributed by atoms with van der Waals surface area (Å²) >= 11 is 0. The minimum absolute atomic E-state index is 0.181. The Morgan fingerprint density at radius 3 is 2.26 bits per heavy atom. The van der Waals surface area contributed by atoms with Gasteiger partial charge in [0.1, 0.15) is 11.8 Å². The molecule has 0 saturated heterocycles. The zero-order valence-corrected chi connectivity index (χ0v) is 13.2. The normalized spacial score (nSPS) is 11.6. The first kappa shape index (κ1) is 16.5. The molecule has 0 radical (unpaired) electrons. The molecule has 0 aliphatic heterocycles. The molecule has 0 heterocycles. The summed E-state index contributed by atoms with van der Waals surface area (Å²) < 4.78 is 5.48. The third kappa shape index (κ3) is 4.85. The van der Waals surface area contributed by atoms with Crippen molar-refractivity contribution in [1.29, 1.82) is 0 Å². The molecule has 2 aromatic carbocycles. The highest BCUT2D eigenvalue weighted by Gasteiger charge is 2.20. The van der Waals surface area contributed by atoms with E-state index in [4.69, 9.17) is 10.5 Å². The fourth-order valence-corrected chi connectivity index (χ4v) is 2.33. The van der Waals surface area contributed by atoms with Gasteiger partial charge in [0.25, 0.3) is 5.91 Å². The van der Waals surface area contributed by atoms with Gasteiger partial charge in [-0.3, -0.25) is 9.59 Å². The standard InChI is InChI=1S/C18H20N2O3/c1-12-8-13(2)10-15(9-12)23-11-16(21)20-17(18(19)22)14-6-4-3-5-7-14/h3-10,17H,11H2,1-2H3,(H2,19,22)(H,20,21). The minimum Gasteiger partial charge on any atom is -0.484 e. The average Bonchev–Trinajstić information content (AvgIpc) is 2.50.